The van der Waals surface area contributed by atoms with Crippen LogP contribution in [0.2, 0.25) is 0 Å². The number of nitrogens with one attached hydrogen (secondary N) is 2. The number of nitrogen functional groups attached to an aromatic ring is 1. The average Bonchev–Trinajstić information content (AvgIpc) is 2.75. The maximum Gasteiger partial charge on any atom is 0.128 e. The summed E-state index contributed by atoms with van der Waals surface area (Å²) in [5.41, 5.74) is 15.9. The van der Waals surface area contributed by atoms with Crippen molar-refractivity contribution in [2.45, 2.75) is 6.92 Å². The van der Waals surface area contributed by atoms with Gasteiger partial charge in [-0.25, -0.2) is 4.98 Å². The van der Waals surface area contributed by atoms with Crippen molar-refractivity contribution in [3.63, 3.8) is 0 Å². The van der Waals surface area contributed by atoms with Crippen molar-refractivity contribution < 1.29 is 0 Å². The van der Waals surface area contributed by atoms with Gasteiger partial charge in [0.1, 0.15) is 5.82 Å². The van der Waals surface area contributed by atoms with E-state index in [2.05, 4.69) is 57.1 Å². The first kappa shape index (κ1) is 22.0. The molecule has 0 atom stereocenters. The second kappa shape index (κ2) is 11.6. The van der Waals surface area contributed by atoms with Gasteiger partial charge < -0.3 is 27.0 Å². The van der Waals surface area contributed by atoms with E-state index in [1.54, 1.807) is 0 Å². The van der Waals surface area contributed by atoms with Crippen LogP contribution in [-0.4, -0.2) is 38.2 Å². The van der Waals surface area contributed by atoms with E-state index in [4.69, 9.17) is 5.73 Å². The van der Waals surface area contributed by atoms with Crippen molar-refractivity contribution in [2.75, 3.05) is 43.9 Å². The third kappa shape index (κ3) is 6.12. The number of hydrogen-bond acceptors (Lipinski definition) is 6. The number of aromatic nitrogens is 1. The van der Waals surface area contributed by atoms with Gasteiger partial charge in [0.05, 0.1) is 0 Å². The molecule has 0 bridgehead atoms. The Kier molecular flexibility index (Phi) is 8.79. The Hall–Kier alpha value is -3.25. The topological polar surface area (TPSA) is 92.2 Å². The van der Waals surface area contributed by atoms with E-state index < -0.39 is 0 Å². The molecule has 1 aromatic carbocycles. The predicted molar refractivity (Wildman–Crippen MR) is 125 cm³/mol. The third-order valence-electron chi connectivity index (χ3n) is 4.53. The van der Waals surface area contributed by atoms with Crippen molar-refractivity contribution in [1.29, 1.82) is 0 Å². The van der Waals surface area contributed by atoms with E-state index in [0.29, 0.717) is 0 Å². The predicted octanol–water partition coefficient (Wildman–Crippen LogP) is 2.97. The molecule has 2 aromatic rings. The van der Waals surface area contributed by atoms with Crippen LogP contribution in [0.4, 0.5) is 11.5 Å². The first-order valence-corrected chi connectivity index (χ1v) is 9.79. The summed E-state index contributed by atoms with van der Waals surface area (Å²) in [4.78, 5) is 6.97. The number of piperazine rings is 1. The number of nitrogens with zero attached hydrogens (tertiary/aromatic N) is 2. The minimum Gasteiger partial charge on any atom is -0.405 e. The van der Waals surface area contributed by atoms with Gasteiger partial charge in [-0.1, -0.05) is 24.8 Å². The summed E-state index contributed by atoms with van der Waals surface area (Å²) in [6.45, 7) is 9.14. The molecule has 2 heterocycles. The van der Waals surface area contributed by atoms with Crippen molar-refractivity contribution in [3.05, 3.63) is 73.2 Å². The minimum absolute atomic E-state index is 0.759. The summed E-state index contributed by atoms with van der Waals surface area (Å²) in [6.07, 6.45) is 9.27. The van der Waals surface area contributed by atoms with E-state index in [0.717, 1.165) is 59.9 Å². The molecule has 6 nitrogen and oxygen atoms in total. The second-order valence-electron chi connectivity index (χ2n) is 6.57. The number of pyridine rings is 1. The van der Waals surface area contributed by atoms with Gasteiger partial charge in [-0.2, -0.15) is 0 Å². The molecular weight excluding hydrogens is 360 g/mol. The zero-order valence-corrected chi connectivity index (χ0v) is 17.4. The van der Waals surface area contributed by atoms with Crippen LogP contribution >= 0.6 is 0 Å². The molecule has 0 amide bonds. The molecule has 0 saturated carbocycles. The second-order valence-corrected chi connectivity index (χ2v) is 6.57. The summed E-state index contributed by atoms with van der Waals surface area (Å²) in [7, 11) is 1.90. The number of benzene rings is 1. The molecule has 0 aliphatic carbocycles. The Morgan fingerprint density at radius 3 is 2.55 bits per heavy atom. The maximum absolute atomic E-state index is 6.25. The Balaban J connectivity index is 0.000000941. The lowest BCUT2D eigenvalue weighted by Gasteiger charge is -2.28. The summed E-state index contributed by atoms with van der Waals surface area (Å²) >= 11 is 0. The van der Waals surface area contributed by atoms with Crippen molar-refractivity contribution in [3.8, 4) is 11.1 Å². The van der Waals surface area contributed by atoms with Gasteiger partial charge >= 0.3 is 0 Å². The van der Waals surface area contributed by atoms with Gasteiger partial charge in [0.2, 0.25) is 0 Å². The monoisotopic (exact) mass is 392 g/mol. The first-order chi connectivity index (χ1) is 14.1. The third-order valence-corrected chi connectivity index (χ3v) is 4.53. The van der Waals surface area contributed by atoms with Crippen LogP contribution in [0.3, 0.4) is 0 Å². The minimum atomic E-state index is 0.759. The van der Waals surface area contributed by atoms with Gasteiger partial charge in [-0.15, -0.1) is 0 Å². The largest absolute Gasteiger partial charge is 0.405 e. The highest BCUT2D eigenvalue weighted by Gasteiger charge is 2.12. The Bertz CT molecular complexity index is 833. The zero-order valence-electron chi connectivity index (χ0n) is 17.4. The standard InChI is InChI=1S/C21H27N5.C2H5N/c1-3-4-17(14-23-2)16-5-7-20(22)19(13-16)18-6-8-21(25-15-18)26-11-9-24-10-12-26;1-2-3/h3-8,13-15,23-24H,9-12,22H2,1-2H3;2H,1,3H2/b4-3-,17-14+;. The normalized spacial score (nSPS) is 14.3. The summed E-state index contributed by atoms with van der Waals surface area (Å²) in [6, 6.07) is 10.3. The van der Waals surface area contributed by atoms with E-state index in [9.17, 15) is 0 Å². The Labute approximate surface area is 174 Å². The molecule has 6 heteroatoms. The van der Waals surface area contributed by atoms with Crippen LogP contribution in [-0.2, 0) is 0 Å². The molecular formula is C23H32N6. The lowest BCUT2D eigenvalue weighted by atomic mass is 9.98. The average molecular weight is 393 g/mol. The molecule has 1 fully saturated rings. The molecule has 6 N–H and O–H groups in total. The van der Waals surface area contributed by atoms with Crippen LogP contribution in [0.25, 0.3) is 16.7 Å². The molecule has 29 heavy (non-hydrogen) atoms. The fourth-order valence-corrected chi connectivity index (χ4v) is 3.17. The lowest BCUT2D eigenvalue weighted by Crippen LogP contribution is -2.43. The number of nitrogens with two attached hydrogens (primary N) is 2. The Morgan fingerprint density at radius 2 is 1.97 bits per heavy atom. The molecule has 1 aliphatic heterocycles. The summed E-state index contributed by atoms with van der Waals surface area (Å²) in [5, 5.41) is 6.47. The summed E-state index contributed by atoms with van der Waals surface area (Å²) in [5.74, 6) is 1.02. The maximum atomic E-state index is 6.25. The van der Waals surface area contributed by atoms with Crippen LogP contribution in [0.15, 0.2) is 67.7 Å². The van der Waals surface area contributed by atoms with Gasteiger partial charge in [-0.3, -0.25) is 0 Å². The molecule has 3 rings (SSSR count). The van der Waals surface area contributed by atoms with Crippen LogP contribution < -0.4 is 27.0 Å². The van der Waals surface area contributed by atoms with E-state index >= 15 is 0 Å². The van der Waals surface area contributed by atoms with Crippen molar-refractivity contribution >= 4 is 17.1 Å². The van der Waals surface area contributed by atoms with Crippen LogP contribution in [0.5, 0.6) is 0 Å². The number of rotatable bonds is 5. The molecule has 0 spiro atoms. The molecule has 1 aliphatic rings. The van der Waals surface area contributed by atoms with E-state index in [1.807, 2.05) is 44.6 Å². The quantitative estimate of drug-likeness (QED) is 0.462. The number of hydrogen-bond donors (Lipinski definition) is 4. The molecule has 1 aromatic heterocycles. The lowest BCUT2D eigenvalue weighted by molar-refractivity contribution is 0.585. The molecule has 1 saturated heterocycles. The highest BCUT2D eigenvalue weighted by molar-refractivity contribution is 5.83. The molecule has 0 radical (unpaired) electrons. The van der Waals surface area contributed by atoms with Crippen molar-refractivity contribution in [2.24, 2.45) is 5.73 Å². The van der Waals surface area contributed by atoms with Gasteiger partial charge in [0.25, 0.3) is 0 Å². The first-order valence-electron chi connectivity index (χ1n) is 9.79. The highest BCUT2D eigenvalue weighted by atomic mass is 15.2. The number of anilines is 2. The molecule has 154 valence electrons. The van der Waals surface area contributed by atoms with Gasteiger partial charge in [-0.05, 0) is 48.5 Å². The number of allylic oxidation sites excluding steroid dienone is 3. The molecule has 0 unspecified atom stereocenters. The van der Waals surface area contributed by atoms with Crippen molar-refractivity contribution in [1.82, 2.24) is 15.6 Å². The van der Waals surface area contributed by atoms with Gasteiger partial charge in [0.15, 0.2) is 0 Å². The Morgan fingerprint density at radius 1 is 1.24 bits per heavy atom. The van der Waals surface area contributed by atoms with Crippen LogP contribution in [0, 0.1) is 0 Å². The zero-order chi connectivity index (χ0) is 21.1. The fourth-order valence-electron chi connectivity index (χ4n) is 3.17. The van der Waals surface area contributed by atoms with Crippen LogP contribution in [0.1, 0.15) is 12.5 Å². The summed E-state index contributed by atoms with van der Waals surface area (Å²) < 4.78 is 0. The van der Waals surface area contributed by atoms with Gasteiger partial charge in [0, 0.05) is 62.4 Å². The van der Waals surface area contributed by atoms with E-state index in [-0.39, 0.29) is 0 Å². The smallest absolute Gasteiger partial charge is 0.128 e. The fraction of sp³-hybridized carbons (Fsp3) is 0.261. The SMILES string of the molecule is C/C=C\C(=C/NC)c1ccc(N)c(-c2ccc(N3CCNCC3)nc2)c1.C=CN. The highest BCUT2D eigenvalue weighted by Crippen LogP contribution is 2.30. The van der Waals surface area contributed by atoms with E-state index in [1.165, 1.54) is 6.20 Å².